The molecule has 0 saturated carbocycles. The van der Waals surface area contributed by atoms with E-state index in [0.717, 1.165) is 41.5 Å². The second-order valence-electron chi connectivity index (χ2n) is 7.13. The molecule has 1 aliphatic heterocycles. The Hall–Kier alpha value is -3.52. The minimum Gasteiger partial charge on any atom is -0.497 e. The maximum absolute atomic E-state index is 12.2. The molecule has 2 aromatic heterocycles. The Labute approximate surface area is 181 Å². The number of anilines is 3. The van der Waals surface area contributed by atoms with Crippen molar-refractivity contribution in [2.75, 3.05) is 43.6 Å². The van der Waals surface area contributed by atoms with E-state index in [0.29, 0.717) is 31.1 Å². The number of carbonyl (C=O) groups is 1. The van der Waals surface area contributed by atoms with Crippen molar-refractivity contribution in [1.29, 1.82) is 0 Å². The number of aromatic nitrogens is 3. The van der Waals surface area contributed by atoms with Crippen molar-refractivity contribution in [1.82, 2.24) is 15.0 Å². The van der Waals surface area contributed by atoms with Gasteiger partial charge in [-0.1, -0.05) is 13.0 Å². The molecular formula is C23H25N5O3. The molecule has 31 heavy (non-hydrogen) atoms. The summed E-state index contributed by atoms with van der Waals surface area (Å²) in [6.45, 7) is 4.56. The zero-order valence-electron chi connectivity index (χ0n) is 17.7. The summed E-state index contributed by atoms with van der Waals surface area (Å²) in [4.78, 5) is 28.0. The van der Waals surface area contributed by atoms with Crippen LogP contribution in [-0.2, 0) is 4.74 Å². The Morgan fingerprint density at radius 3 is 2.81 bits per heavy atom. The summed E-state index contributed by atoms with van der Waals surface area (Å²) < 4.78 is 10.8. The predicted octanol–water partition coefficient (Wildman–Crippen LogP) is 3.72. The quantitative estimate of drug-likeness (QED) is 0.580. The first kappa shape index (κ1) is 20.7. The highest BCUT2D eigenvalue weighted by Gasteiger charge is 2.20. The number of ether oxygens (including phenoxy) is 2. The Kier molecular flexibility index (Phi) is 6.37. The van der Waals surface area contributed by atoms with Gasteiger partial charge in [0.1, 0.15) is 11.6 Å². The van der Waals surface area contributed by atoms with Crippen LogP contribution in [0.2, 0.25) is 0 Å². The van der Waals surface area contributed by atoms with Crippen molar-refractivity contribution in [3.63, 3.8) is 0 Å². The number of benzene rings is 1. The van der Waals surface area contributed by atoms with E-state index in [4.69, 9.17) is 14.5 Å². The number of ketones is 1. The second kappa shape index (κ2) is 9.53. The van der Waals surface area contributed by atoms with Crippen LogP contribution in [-0.4, -0.2) is 54.1 Å². The summed E-state index contributed by atoms with van der Waals surface area (Å²) in [5, 5.41) is 3.25. The standard InChI is InChI=1S/C23H25N5O3/c1-3-21(29)17-11-16(13-24-14-17)20-15-25-23(26-18-5-4-6-19(12-18)30-2)27-22(20)28-7-9-31-10-8-28/h4-6,11-15H,3,7-10H2,1-2H3,(H,25,26,27). The summed E-state index contributed by atoms with van der Waals surface area (Å²) >= 11 is 0. The number of methoxy groups -OCH3 is 1. The van der Waals surface area contributed by atoms with Crippen LogP contribution in [0.15, 0.2) is 48.9 Å². The van der Waals surface area contributed by atoms with Gasteiger partial charge in [-0.3, -0.25) is 9.78 Å². The minimum atomic E-state index is 0.0551. The molecule has 1 saturated heterocycles. The molecule has 0 unspecified atom stereocenters. The minimum absolute atomic E-state index is 0.0551. The Morgan fingerprint density at radius 1 is 1.19 bits per heavy atom. The SMILES string of the molecule is CCC(=O)c1cncc(-c2cnc(Nc3cccc(OC)c3)nc2N2CCOCC2)c1. The zero-order valence-corrected chi connectivity index (χ0v) is 17.7. The van der Waals surface area contributed by atoms with Gasteiger partial charge in [0, 0.05) is 66.5 Å². The number of pyridine rings is 1. The second-order valence-corrected chi connectivity index (χ2v) is 7.13. The van der Waals surface area contributed by atoms with E-state index in [2.05, 4.69) is 20.2 Å². The van der Waals surface area contributed by atoms with Gasteiger partial charge in [0.2, 0.25) is 5.95 Å². The van der Waals surface area contributed by atoms with Crippen LogP contribution in [0.3, 0.4) is 0 Å². The van der Waals surface area contributed by atoms with E-state index in [9.17, 15) is 4.79 Å². The number of hydrogen-bond donors (Lipinski definition) is 1. The van der Waals surface area contributed by atoms with Gasteiger partial charge in [0.25, 0.3) is 0 Å². The Bertz CT molecular complexity index is 1070. The normalized spacial score (nSPS) is 13.7. The summed E-state index contributed by atoms with van der Waals surface area (Å²) in [5.41, 5.74) is 3.06. The number of rotatable bonds is 7. The van der Waals surface area contributed by atoms with Crippen LogP contribution >= 0.6 is 0 Å². The van der Waals surface area contributed by atoms with E-state index in [1.54, 1.807) is 25.7 Å². The van der Waals surface area contributed by atoms with Crippen LogP contribution in [0.1, 0.15) is 23.7 Å². The number of nitrogens with zero attached hydrogens (tertiary/aromatic N) is 4. The van der Waals surface area contributed by atoms with Crippen LogP contribution in [0, 0.1) is 0 Å². The third-order valence-electron chi connectivity index (χ3n) is 5.10. The first-order valence-electron chi connectivity index (χ1n) is 10.3. The molecule has 0 aliphatic carbocycles. The molecule has 8 nitrogen and oxygen atoms in total. The van der Waals surface area contributed by atoms with Crippen molar-refractivity contribution in [3.8, 4) is 16.9 Å². The molecule has 0 bridgehead atoms. The lowest BCUT2D eigenvalue weighted by molar-refractivity contribution is 0.0988. The molecule has 4 rings (SSSR count). The average Bonchev–Trinajstić information content (AvgIpc) is 2.84. The Morgan fingerprint density at radius 2 is 2.03 bits per heavy atom. The van der Waals surface area contributed by atoms with Crippen LogP contribution in [0.5, 0.6) is 5.75 Å². The van der Waals surface area contributed by atoms with Gasteiger partial charge in [-0.15, -0.1) is 0 Å². The van der Waals surface area contributed by atoms with Gasteiger partial charge < -0.3 is 19.7 Å². The molecule has 1 fully saturated rings. The smallest absolute Gasteiger partial charge is 0.229 e. The van der Waals surface area contributed by atoms with Crippen molar-refractivity contribution in [2.24, 2.45) is 0 Å². The molecular weight excluding hydrogens is 394 g/mol. The van der Waals surface area contributed by atoms with E-state index in [1.807, 2.05) is 37.3 Å². The van der Waals surface area contributed by atoms with Gasteiger partial charge in [-0.2, -0.15) is 4.98 Å². The number of morpholine rings is 1. The third kappa shape index (κ3) is 4.80. The first-order valence-corrected chi connectivity index (χ1v) is 10.3. The predicted molar refractivity (Wildman–Crippen MR) is 119 cm³/mol. The van der Waals surface area contributed by atoms with Gasteiger partial charge in [-0.25, -0.2) is 4.98 Å². The third-order valence-corrected chi connectivity index (χ3v) is 5.10. The number of hydrogen-bond acceptors (Lipinski definition) is 8. The monoisotopic (exact) mass is 419 g/mol. The van der Waals surface area contributed by atoms with Crippen LogP contribution in [0.25, 0.3) is 11.1 Å². The van der Waals surface area contributed by atoms with E-state index in [1.165, 1.54) is 0 Å². The molecule has 160 valence electrons. The lowest BCUT2D eigenvalue weighted by Gasteiger charge is -2.29. The molecule has 0 spiro atoms. The van der Waals surface area contributed by atoms with Crippen molar-refractivity contribution >= 4 is 23.2 Å². The largest absolute Gasteiger partial charge is 0.497 e. The zero-order chi connectivity index (χ0) is 21.6. The molecule has 8 heteroatoms. The molecule has 1 aliphatic rings. The van der Waals surface area contributed by atoms with Gasteiger partial charge in [0.05, 0.1) is 20.3 Å². The lowest BCUT2D eigenvalue weighted by atomic mass is 10.0. The van der Waals surface area contributed by atoms with Gasteiger partial charge in [-0.05, 0) is 18.2 Å². The number of Topliss-reactive ketones (excluding diaryl/α,β-unsaturated/α-hetero) is 1. The van der Waals surface area contributed by atoms with E-state index in [-0.39, 0.29) is 5.78 Å². The summed E-state index contributed by atoms with van der Waals surface area (Å²) in [6.07, 6.45) is 5.55. The fourth-order valence-electron chi connectivity index (χ4n) is 3.43. The topological polar surface area (TPSA) is 89.5 Å². The molecule has 3 heterocycles. The number of nitrogens with one attached hydrogen (secondary N) is 1. The molecule has 0 atom stereocenters. The molecule has 1 N–H and O–H groups in total. The van der Waals surface area contributed by atoms with Crippen molar-refractivity contribution in [2.45, 2.75) is 13.3 Å². The average molecular weight is 419 g/mol. The number of carbonyl (C=O) groups excluding carboxylic acids is 1. The molecule has 1 aromatic carbocycles. The van der Waals surface area contributed by atoms with Crippen molar-refractivity contribution in [3.05, 3.63) is 54.5 Å². The van der Waals surface area contributed by atoms with Gasteiger partial charge in [0.15, 0.2) is 5.78 Å². The summed E-state index contributed by atoms with van der Waals surface area (Å²) in [6, 6.07) is 9.45. The fourth-order valence-corrected chi connectivity index (χ4v) is 3.43. The Balaban J connectivity index is 1.72. The summed E-state index contributed by atoms with van der Waals surface area (Å²) in [7, 11) is 1.63. The highest BCUT2D eigenvalue weighted by molar-refractivity contribution is 5.97. The maximum Gasteiger partial charge on any atom is 0.229 e. The first-order chi connectivity index (χ1) is 15.2. The molecule has 0 radical (unpaired) electrons. The van der Waals surface area contributed by atoms with Crippen LogP contribution in [0.4, 0.5) is 17.5 Å². The van der Waals surface area contributed by atoms with E-state index < -0.39 is 0 Å². The fraction of sp³-hybridized carbons (Fsp3) is 0.304. The van der Waals surface area contributed by atoms with Crippen LogP contribution < -0.4 is 15.0 Å². The van der Waals surface area contributed by atoms with E-state index >= 15 is 0 Å². The highest BCUT2D eigenvalue weighted by Crippen LogP contribution is 2.31. The lowest BCUT2D eigenvalue weighted by Crippen LogP contribution is -2.37. The molecule has 3 aromatic rings. The summed E-state index contributed by atoms with van der Waals surface area (Å²) in [5.74, 6) is 2.07. The highest BCUT2D eigenvalue weighted by atomic mass is 16.5. The van der Waals surface area contributed by atoms with Crippen molar-refractivity contribution < 1.29 is 14.3 Å². The molecule has 0 amide bonds. The van der Waals surface area contributed by atoms with Gasteiger partial charge >= 0.3 is 0 Å². The maximum atomic E-state index is 12.2.